The third-order valence-corrected chi connectivity index (χ3v) is 5.77. The Labute approximate surface area is 199 Å². The molecule has 0 spiro atoms. The van der Waals surface area contributed by atoms with E-state index in [9.17, 15) is 0 Å². The molecule has 2 aromatic rings. The van der Waals surface area contributed by atoms with Gasteiger partial charge in [0.15, 0.2) is 0 Å². The van der Waals surface area contributed by atoms with Gasteiger partial charge in [0, 0.05) is 7.05 Å². The van der Waals surface area contributed by atoms with E-state index in [4.69, 9.17) is 14.3 Å². The third kappa shape index (κ3) is 8.60. The average molecular weight is 456 g/mol. The van der Waals surface area contributed by atoms with Gasteiger partial charge in [0.2, 0.25) is 5.88 Å². The van der Waals surface area contributed by atoms with Gasteiger partial charge in [0.05, 0.1) is 12.9 Å². The van der Waals surface area contributed by atoms with Crippen LogP contribution in [0.25, 0.3) is 0 Å². The van der Waals surface area contributed by atoms with Crippen LogP contribution in [0.5, 0.6) is 11.6 Å². The Bertz CT molecular complexity index is 892. The van der Waals surface area contributed by atoms with Gasteiger partial charge in [-0.3, -0.25) is 0 Å². The van der Waals surface area contributed by atoms with Crippen molar-refractivity contribution in [3.8, 4) is 11.6 Å². The van der Waals surface area contributed by atoms with E-state index in [1.54, 1.807) is 6.33 Å². The van der Waals surface area contributed by atoms with E-state index in [1.807, 2.05) is 37.6 Å². The number of hydrogen-bond donors (Lipinski definition) is 0. The van der Waals surface area contributed by atoms with Crippen LogP contribution in [-0.4, -0.2) is 35.6 Å². The van der Waals surface area contributed by atoms with E-state index < -0.39 is 0 Å². The first-order chi connectivity index (χ1) is 16.0. The number of unbranched alkanes of at least 4 members (excludes halogenated alkanes) is 5. The second-order valence-corrected chi connectivity index (χ2v) is 8.50. The monoisotopic (exact) mass is 455 g/mol. The molecule has 6 heteroatoms. The van der Waals surface area contributed by atoms with Crippen molar-refractivity contribution in [2.45, 2.75) is 72.6 Å². The average Bonchev–Trinajstić information content (AvgIpc) is 3.15. The summed E-state index contributed by atoms with van der Waals surface area (Å²) in [5, 5.41) is 3.96. The molecule has 0 fully saturated rings. The lowest BCUT2D eigenvalue weighted by Gasteiger charge is -2.13. The molecule has 0 aliphatic carbocycles. The van der Waals surface area contributed by atoms with Crippen LogP contribution in [-0.2, 0) is 18.3 Å². The Morgan fingerprint density at radius 2 is 1.70 bits per heavy atom. The van der Waals surface area contributed by atoms with Crippen molar-refractivity contribution in [3.05, 3.63) is 53.0 Å². The molecule has 0 aliphatic heterocycles. The maximum atomic E-state index is 5.98. The molecular formula is C27H41N3O3. The first-order valence-electron chi connectivity index (χ1n) is 12.0. The van der Waals surface area contributed by atoms with Gasteiger partial charge in [0.1, 0.15) is 30.9 Å². The van der Waals surface area contributed by atoms with E-state index in [1.165, 1.54) is 55.9 Å². The Hall–Kier alpha value is -2.76. The predicted octanol–water partition coefficient (Wildman–Crippen LogP) is 6.32. The fraction of sp³-hybridized carbons (Fsp3) is 0.556. The molecule has 6 nitrogen and oxygen atoms in total. The molecule has 33 heavy (non-hydrogen) atoms. The highest BCUT2D eigenvalue weighted by Gasteiger charge is 2.13. The quantitative estimate of drug-likeness (QED) is 0.136. The van der Waals surface area contributed by atoms with E-state index in [-0.39, 0.29) is 0 Å². The highest BCUT2D eigenvalue weighted by atomic mass is 16.6. The zero-order valence-electron chi connectivity index (χ0n) is 21.3. The number of rotatable bonds is 15. The van der Waals surface area contributed by atoms with Crippen LogP contribution >= 0.6 is 0 Å². The number of aryl methyl sites for hydroxylation is 3. The van der Waals surface area contributed by atoms with Crippen LogP contribution < -0.4 is 9.47 Å². The fourth-order valence-corrected chi connectivity index (χ4v) is 3.97. The number of aromatic nitrogens is 2. The van der Waals surface area contributed by atoms with E-state index in [0.717, 1.165) is 35.9 Å². The van der Waals surface area contributed by atoms with Crippen LogP contribution in [0, 0.1) is 13.8 Å². The number of hydrogen-bond acceptors (Lipinski definition) is 5. The van der Waals surface area contributed by atoms with Gasteiger partial charge in [-0.25, -0.2) is 4.98 Å². The third-order valence-electron chi connectivity index (χ3n) is 5.77. The molecule has 0 saturated heterocycles. The van der Waals surface area contributed by atoms with E-state index >= 15 is 0 Å². The summed E-state index contributed by atoms with van der Waals surface area (Å²) in [6, 6.07) is 4.34. The second kappa shape index (κ2) is 14.4. The maximum absolute atomic E-state index is 5.98. The lowest BCUT2D eigenvalue weighted by molar-refractivity contribution is 0.213. The Kier molecular flexibility index (Phi) is 11.6. The van der Waals surface area contributed by atoms with Crippen molar-refractivity contribution >= 4 is 5.71 Å². The van der Waals surface area contributed by atoms with Crippen molar-refractivity contribution in [3.63, 3.8) is 0 Å². The molecule has 0 saturated carbocycles. The van der Waals surface area contributed by atoms with Gasteiger partial charge in [-0.1, -0.05) is 43.0 Å². The number of ether oxygens (including phenoxy) is 2. The number of benzene rings is 1. The molecule has 0 bridgehead atoms. The number of allylic oxidation sites excluding steroid dienone is 1. The van der Waals surface area contributed by atoms with Crippen molar-refractivity contribution in [1.82, 2.24) is 9.55 Å². The van der Waals surface area contributed by atoms with Gasteiger partial charge >= 0.3 is 0 Å². The van der Waals surface area contributed by atoms with E-state index in [0.29, 0.717) is 13.2 Å². The van der Waals surface area contributed by atoms with Crippen molar-refractivity contribution in [2.75, 3.05) is 20.3 Å². The van der Waals surface area contributed by atoms with Crippen molar-refractivity contribution in [2.24, 2.45) is 12.2 Å². The zero-order chi connectivity index (χ0) is 24.1. The largest absolute Gasteiger partial charge is 0.490 e. The number of imidazole rings is 1. The van der Waals surface area contributed by atoms with Crippen LogP contribution in [0.15, 0.2) is 35.8 Å². The van der Waals surface area contributed by atoms with Crippen molar-refractivity contribution < 1.29 is 14.3 Å². The van der Waals surface area contributed by atoms with Crippen LogP contribution in [0.4, 0.5) is 0 Å². The SMILES string of the molecule is C/C=C/COc1cc(C)c(CCCCCCCCOc2c(/C(C)=N/OC)ncn2C)c(C)c1. The summed E-state index contributed by atoms with van der Waals surface area (Å²) < 4.78 is 13.7. The highest BCUT2D eigenvalue weighted by molar-refractivity contribution is 5.98. The molecule has 1 aromatic heterocycles. The number of oxime groups is 1. The summed E-state index contributed by atoms with van der Waals surface area (Å²) in [4.78, 5) is 9.21. The molecule has 0 unspecified atom stereocenters. The first-order valence-corrected chi connectivity index (χ1v) is 12.0. The van der Waals surface area contributed by atoms with Gasteiger partial charge in [-0.2, -0.15) is 0 Å². The number of nitrogens with zero attached hydrogens (tertiary/aromatic N) is 3. The van der Waals surface area contributed by atoms with Gasteiger partial charge < -0.3 is 18.9 Å². The van der Waals surface area contributed by atoms with Gasteiger partial charge in [-0.15, -0.1) is 0 Å². The van der Waals surface area contributed by atoms with Crippen LogP contribution in [0.1, 0.15) is 74.8 Å². The highest BCUT2D eigenvalue weighted by Crippen LogP contribution is 2.24. The first kappa shape index (κ1) is 26.5. The molecule has 1 heterocycles. The minimum Gasteiger partial charge on any atom is -0.490 e. The molecule has 0 aliphatic rings. The summed E-state index contributed by atoms with van der Waals surface area (Å²) in [6.07, 6.45) is 14.1. The topological polar surface area (TPSA) is 57.9 Å². The Morgan fingerprint density at radius 1 is 1.03 bits per heavy atom. The summed E-state index contributed by atoms with van der Waals surface area (Å²) in [6.45, 7) is 9.59. The Balaban J connectivity index is 1.64. The molecule has 1 aromatic carbocycles. The van der Waals surface area contributed by atoms with Crippen LogP contribution in [0.2, 0.25) is 0 Å². The molecule has 182 valence electrons. The van der Waals surface area contributed by atoms with Crippen LogP contribution in [0.3, 0.4) is 0 Å². The van der Waals surface area contributed by atoms with E-state index in [2.05, 4.69) is 36.1 Å². The van der Waals surface area contributed by atoms with Crippen molar-refractivity contribution in [1.29, 1.82) is 0 Å². The van der Waals surface area contributed by atoms with Gasteiger partial charge in [0.25, 0.3) is 0 Å². The molecule has 0 N–H and O–H groups in total. The van der Waals surface area contributed by atoms with Gasteiger partial charge in [-0.05, 0) is 75.8 Å². The predicted molar refractivity (Wildman–Crippen MR) is 136 cm³/mol. The summed E-state index contributed by atoms with van der Waals surface area (Å²) in [5.74, 6) is 1.71. The minimum atomic E-state index is 0.630. The summed E-state index contributed by atoms with van der Waals surface area (Å²) in [5.41, 5.74) is 5.60. The summed E-state index contributed by atoms with van der Waals surface area (Å²) in [7, 11) is 3.47. The summed E-state index contributed by atoms with van der Waals surface area (Å²) >= 11 is 0. The lowest BCUT2D eigenvalue weighted by atomic mass is 9.96. The maximum Gasteiger partial charge on any atom is 0.223 e. The normalized spacial score (nSPS) is 11.9. The smallest absolute Gasteiger partial charge is 0.223 e. The fourth-order valence-electron chi connectivity index (χ4n) is 3.97. The minimum absolute atomic E-state index is 0.630. The second-order valence-electron chi connectivity index (χ2n) is 8.50. The molecular weight excluding hydrogens is 414 g/mol. The lowest BCUT2D eigenvalue weighted by Crippen LogP contribution is -2.06. The molecule has 0 radical (unpaired) electrons. The molecule has 2 rings (SSSR count). The molecule has 0 amide bonds. The Morgan fingerprint density at radius 3 is 2.36 bits per heavy atom. The standard InChI is InChI=1S/C27H41N3O3/c1-7-8-16-32-24-18-21(2)25(22(3)19-24)15-13-11-9-10-12-14-17-33-27-26(23(4)29-31-6)28-20-30(27)5/h7-8,18-20H,9-17H2,1-6H3/b8-7+,29-23+. The zero-order valence-corrected chi connectivity index (χ0v) is 21.3. The molecule has 0 atom stereocenters.